The summed E-state index contributed by atoms with van der Waals surface area (Å²) < 4.78 is 7.66. The summed E-state index contributed by atoms with van der Waals surface area (Å²) >= 11 is 0. The number of hydrogen-bond donors (Lipinski definition) is 1. The van der Waals surface area contributed by atoms with E-state index in [-0.39, 0.29) is 17.5 Å². The molecular formula is C12H16N6O4. The second-order valence-corrected chi connectivity index (χ2v) is 4.69. The molecule has 2 aromatic heterocycles. The predicted molar refractivity (Wildman–Crippen MR) is 76.7 cm³/mol. The first-order valence-electron chi connectivity index (χ1n) is 6.42. The Morgan fingerprint density at radius 2 is 2.23 bits per heavy atom. The highest BCUT2D eigenvalue weighted by atomic mass is 16.6. The van der Waals surface area contributed by atoms with Crippen LogP contribution < -0.4 is 10.1 Å². The minimum Gasteiger partial charge on any atom is -0.475 e. The van der Waals surface area contributed by atoms with E-state index >= 15 is 0 Å². The zero-order chi connectivity index (χ0) is 16.4. The molecule has 10 nitrogen and oxygen atoms in total. The number of carbonyl (C=O) groups is 1. The highest BCUT2D eigenvalue weighted by Gasteiger charge is 2.25. The van der Waals surface area contributed by atoms with E-state index in [1.54, 1.807) is 18.7 Å². The molecule has 1 amide bonds. The maximum absolute atomic E-state index is 12.2. The number of aryl methyl sites for hydroxylation is 1. The van der Waals surface area contributed by atoms with Crippen LogP contribution in [0, 0.1) is 17.0 Å². The third-order valence-electron chi connectivity index (χ3n) is 3.34. The minimum atomic E-state index is -0.748. The van der Waals surface area contributed by atoms with Crippen LogP contribution in [-0.2, 0) is 11.8 Å². The number of nitrogens with zero attached hydrogens (tertiary/aromatic N) is 5. The van der Waals surface area contributed by atoms with Crippen molar-refractivity contribution in [1.29, 1.82) is 0 Å². The van der Waals surface area contributed by atoms with E-state index in [1.807, 2.05) is 6.92 Å². The number of carbonyl (C=O) groups excluding carboxylic acids is 1. The van der Waals surface area contributed by atoms with Crippen molar-refractivity contribution in [2.75, 3.05) is 12.4 Å². The van der Waals surface area contributed by atoms with Crippen LogP contribution in [0.1, 0.15) is 18.7 Å². The monoisotopic (exact) mass is 308 g/mol. The van der Waals surface area contributed by atoms with Gasteiger partial charge in [-0.2, -0.15) is 5.10 Å². The number of methoxy groups -OCH3 is 1. The lowest BCUT2D eigenvalue weighted by atomic mass is 10.3. The first-order valence-corrected chi connectivity index (χ1v) is 6.42. The molecular weight excluding hydrogens is 292 g/mol. The molecule has 118 valence electrons. The molecule has 0 aliphatic rings. The average molecular weight is 308 g/mol. The Bertz CT molecular complexity index is 719. The number of nitrogens with one attached hydrogen (secondary N) is 1. The van der Waals surface area contributed by atoms with Gasteiger partial charge in [-0.05, 0) is 13.8 Å². The van der Waals surface area contributed by atoms with Gasteiger partial charge in [-0.3, -0.25) is 19.6 Å². The quantitative estimate of drug-likeness (QED) is 0.651. The van der Waals surface area contributed by atoms with Gasteiger partial charge in [-0.1, -0.05) is 0 Å². The Labute approximate surface area is 125 Å². The van der Waals surface area contributed by atoms with Crippen molar-refractivity contribution in [3.05, 3.63) is 28.2 Å². The lowest BCUT2D eigenvalue weighted by molar-refractivity contribution is -0.385. The van der Waals surface area contributed by atoms with Crippen LogP contribution in [0.25, 0.3) is 0 Å². The van der Waals surface area contributed by atoms with Gasteiger partial charge in [-0.25, -0.2) is 4.68 Å². The topological polar surface area (TPSA) is 117 Å². The van der Waals surface area contributed by atoms with Crippen LogP contribution in [-0.4, -0.2) is 37.5 Å². The Kier molecular flexibility index (Phi) is 4.11. The number of amides is 1. The fraction of sp³-hybridized carbons (Fsp3) is 0.417. The molecule has 0 aliphatic carbocycles. The Morgan fingerprint density at radius 1 is 1.55 bits per heavy atom. The SMILES string of the molecule is COc1nn(C(C)C(=O)Nc2cnn(C)c2C)cc1[N+](=O)[O-]. The van der Waals surface area contributed by atoms with Gasteiger partial charge >= 0.3 is 11.6 Å². The number of nitro groups is 1. The first kappa shape index (κ1) is 15.5. The molecule has 0 spiro atoms. The normalized spacial score (nSPS) is 12.0. The van der Waals surface area contributed by atoms with Gasteiger partial charge in [0.05, 0.1) is 29.6 Å². The molecule has 2 heterocycles. The van der Waals surface area contributed by atoms with Gasteiger partial charge < -0.3 is 10.1 Å². The summed E-state index contributed by atoms with van der Waals surface area (Å²) in [5, 5.41) is 21.5. The molecule has 1 atom stereocenters. The van der Waals surface area contributed by atoms with Crippen molar-refractivity contribution < 1.29 is 14.5 Å². The maximum Gasteiger partial charge on any atom is 0.350 e. The molecule has 0 bridgehead atoms. The van der Waals surface area contributed by atoms with Crippen LogP contribution in [0.15, 0.2) is 12.4 Å². The number of hydrogen-bond acceptors (Lipinski definition) is 6. The Hall–Kier alpha value is -2.91. The van der Waals surface area contributed by atoms with Crippen LogP contribution >= 0.6 is 0 Å². The van der Waals surface area contributed by atoms with Crippen molar-refractivity contribution in [1.82, 2.24) is 19.6 Å². The number of rotatable bonds is 5. The lowest BCUT2D eigenvalue weighted by Gasteiger charge is -2.11. The predicted octanol–water partition coefficient (Wildman–Crippen LogP) is 1.04. The molecule has 2 aromatic rings. The van der Waals surface area contributed by atoms with Gasteiger partial charge in [0.2, 0.25) is 5.91 Å². The summed E-state index contributed by atoms with van der Waals surface area (Å²) in [4.78, 5) is 22.5. The number of anilines is 1. The van der Waals surface area contributed by atoms with Gasteiger partial charge in [0, 0.05) is 7.05 Å². The molecule has 1 unspecified atom stereocenters. The van der Waals surface area contributed by atoms with Gasteiger partial charge in [0.25, 0.3) is 0 Å². The van der Waals surface area contributed by atoms with E-state index in [2.05, 4.69) is 15.5 Å². The maximum atomic E-state index is 12.2. The van der Waals surface area contributed by atoms with Gasteiger partial charge in [-0.15, -0.1) is 5.10 Å². The molecule has 22 heavy (non-hydrogen) atoms. The van der Waals surface area contributed by atoms with Gasteiger partial charge in [0.1, 0.15) is 12.2 Å². The van der Waals surface area contributed by atoms with Gasteiger partial charge in [0.15, 0.2) is 0 Å². The van der Waals surface area contributed by atoms with Crippen LogP contribution in [0.5, 0.6) is 5.88 Å². The average Bonchev–Trinajstić information content (AvgIpc) is 3.05. The van der Waals surface area contributed by atoms with Crippen molar-refractivity contribution in [3.63, 3.8) is 0 Å². The van der Waals surface area contributed by atoms with Crippen molar-refractivity contribution in [2.45, 2.75) is 19.9 Å². The van der Waals surface area contributed by atoms with Crippen molar-refractivity contribution >= 4 is 17.3 Å². The summed E-state index contributed by atoms with van der Waals surface area (Å²) in [5.41, 5.74) is 1.08. The van der Waals surface area contributed by atoms with E-state index in [4.69, 9.17) is 4.74 Å². The third-order valence-corrected chi connectivity index (χ3v) is 3.34. The summed E-state index contributed by atoms with van der Waals surface area (Å²) in [5.74, 6) is -0.502. The summed E-state index contributed by atoms with van der Waals surface area (Å²) in [7, 11) is 3.04. The Morgan fingerprint density at radius 3 is 2.68 bits per heavy atom. The van der Waals surface area contributed by atoms with Crippen LogP contribution in [0.2, 0.25) is 0 Å². The molecule has 1 N–H and O–H groups in total. The fourth-order valence-corrected chi connectivity index (χ4v) is 1.81. The fourth-order valence-electron chi connectivity index (χ4n) is 1.81. The standard InChI is InChI=1S/C12H16N6O4/c1-7-9(5-13-16(7)3)14-11(19)8(2)17-6-10(18(20)21)12(15-17)22-4/h5-6,8H,1-4H3,(H,14,19). The highest BCUT2D eigenvalue weighted by Crippen LogP contribution is 2.26. The van der Waals surface area contributed by atoms with E-state index in [9.17, 15) is 14.9 Å². The van der Waals surface area contributed by atoms with E-state index in [0.29, 0.717) is 5.69 Å². The summed E-state index contributed by atoms with van der Waals surface area (Å²) in [6, 6.07) is -0.748. The minimum absolute atomic E-state index is 0.137. The highest BCUT2D eigenvalue weighted by molar-refractivity contribution is 5.93. The molecule has 0 aliphatic heterocycles. The second kappa shape index (κ2) is 5.84. The molecule has 2 rings (SSSR count). The molecule has 0 saturated heterocycles. The second-order valence-electron chi connectivity index (χ2n) is 4.69. The number of aromatic nitrogens is 4. The lowest BCUT2D eigenvalue weighted by Crippen LogP contribution is -2.24. The summed E-state index contributed by atoms with van der Waals surface area (Å²) in [6.45, 7) is 3.40. The molecule has 0 saturated carbocycles. The smallest absolute Gasteiger partial charge is 0.350 e. The zero-order valence-corrected chi connectivity index (χ0v) is 12.6. The van der Waals surface area contributed by atoms with Crippen molar-refractivity contribution in [3.8, 4) is 5.88 Å². The zero-order valence-electron chi connectivity index (χ0n) is 12.6. The Balaban J connectivity index is 2.20. The van der Waals surface area contributed by atoms with Crippen LogP contribution in [0.4, 0.5) is 11.4 Å². The van der Waals surface area contributed by atoms with Crippen LogP contribution in [0.3, 0.4) is 0 Å². The molecule has 10 heteroatoms. The first-order chi connectivity index (χ1) is 10.3. The van der Waals surface area contributed by atoms with E-state index in [1.165, 1.54) is 24.2 Å². The molecule has 0 aromatic carbocycles. The molecule has 0 radical (unpaired) electrons. The summed E-state index contributed by atoms with van der Waals surface area (Å²) in [6.07, 6.45) is 2.70. The molecule has 0 fully saturated rings. The third kappa shape index (κ3) is 2.75. The number of ether oxygens (including phenoxy) is 1. The van der Waals surface area contributed by atoms with E-state index < -0.39 is 11.0 Å². The van der Waals surface area contributed by atoms with E-state index in [0.717, 1.165) is 5.69 Å². The van der Waals surface area contributed by atoms with Crippen molar-refractivity contribution in [2.24, 2.45) is 7.05 Å². The largest absolute Gasteiger partial charge is 0.475 e.